The van der Waals surface area contributed by atoms with Gasteiger partial charge in [-0.2, -0.15) is 0 Å². The van der Waals surface area contributed by atoms with E-state index in [1.54, 1.807) is 7.11 Å². The molecule has 1 aliphatic heterocycles. The number of rotatable bonds is 4. The molecular weight excluding hydrogens is 238 g/mol. The highest BCUT2D eigenvalue weighted by molar-refractivity contribution is 6.30. The Morgan fingerprint density at radius 2 is 2.18 bits per heavy atom. The van der Waals surface area contributed by atoms with Gasteiger partial charge in [-0.3, -0.25) is 0 Å². The summed E-state index contributed by atoms with van der Waals surface area (Å²) in [5.74, 6) is 0.908. The SMILES string of the molecule is COc1c(C)cc(Cl)cc1C1(CCN)COC1. The third-order valence-corrected chi connectivity index (χ3v) is 3.61. The summed E-state index contributed by atoms with van der Waals surface area (Å²) < 4.78 is 10.9. The van der Waals surface area contributed by atoms with Gasteiger partial charge in [0.1, 0.15) is 5.75 Å². The molecule has 94 valence electrons. The second-order valence-corrected chi connectivity index (χ2v) is 5.05. The summed E-state index contributed by atoms with van der Waals surface area (Å²) in [4.78, 5) is 0. The van der Waals surface area contributed by atoms with Gasteiger partial charge in [0.05, 0.1) is 20.3 Å². The molecule has 0 aromatic heterocycles. The lowest BCUT2D eigenvalue weighted by Crippen LogP contribution is -2.48. The Morgan fingerprint density at radius 3 is 2.65 bits per heavy atom. The maximum Gasteiger partial charge on any atom is 0.125 e. The van der Waals surface area contributed by atoms with E-state index in [9.17, 15) is 0 Å². The van der Waals surface area contributed by atoms with Gasteiger partial charge in [0.15, 0.2) is 0 Å². The van der Waals surface area contributed by atoms with Crippen molar-refractivity contribution in [2.45, 2.75) is 18.8 Å². The molecule has 4 heteroatoms. The number of hydrogen-bond donors (Lipinski definition) is 1. The van der Waals surface area contributed by atoms with Crippen LogP contribution in [0, 0.1) is 6.92 Å². The van der Waals surface area contributed by atoms with Crippen molar-refractivity contribution in [2.75, 3.05) is 26.9 Å². The number of ether oxygens (including phenoxy) is 2. The van der Waals surface area contributed by atoms with E-state index in [1.165, 1.54) is 0 Å². The number of hydrogen-bond acceptors (Lipinski definition) is 3. The first-order chi connectivity index (χ1) is 8.13. The topological polar surface area (TPSA) is 44.5 Å². The average Bonchev–Trinajstić information content (AvgIpc) is 2.22. The molecule has 2 N–H and O–H groups in total. The normalized spacial score (nSPS) is 17.6. The molecular formula is C13H18ClNO2. The van der Waals surface area contributed by atoms with Gasteiger partial charge in [-0.15, -0.1) is 0 Å². The minimum absolute atomic E-state index is 0.0181. The van der Waals surface area contributed by atoms with Crippen LogP contribution in [0.15, 0.2) is 12.1 Å². The fourth-order valence-electron chi connectivity index (χ4n) is 2.45. The largest absolute Gasteiger partial charge is 0.496 e. The molecule has 0 aliphatic carbocycles. The van der Waals surface area contributed by atoms with Crippen molar-refractivity contribution in [1.29, 1.82) is 0 Å². The monoisotopic (exact) mass is 255 g/mol. The van der Waals surface area contributed by atoms with E-state index < -0.39 is 0 Å². The van der Waals surface area contributed by atoms with Crippen molar-refractivity contribution in [3.63, 3.8) is 0 Å². The van der Waals surface area contributed by atoms with E-state index in [2.05, 4.69) is 0 Å². The highest BCUT2D eigenvalue weighted by Gasteiger charge is 2.42. The highest BCUT2D eigenvalue weighted by Crippen LogP contribution is 2.43. The van der Waals surface area contributed by atoms with Crippen molar-refractivity contribution in [2.24, 2.45) is 5.73 Å². The maximum atomic E-state index is 6.14. The number of halogens is 1. The van der Waals surface area contributed by atoms with Gasteiger partial charge in [-0.1, -0.05) is 11.6 Å². The molecule has 1 aromatic rings. The molecule has 2 rings (SSSR count). The molecule has 0 saturated carbocycles. The summed E-state index contributed by atoms with van der Waals surface area (Å²) in [5, 5.41) is 0.738. The van der Waals surface area contributed by atoms with Crippen LogP contribution in [0.2, 0.25) is 5.02 Å². The van der Waals surface area contributed by atoms with E-state index in [0.717, 1.165) is 28.3 Å². The summed E-state index contributed by atoms with van der Waals surface area (Å²) in [6.07, 6.45) is 0.892. The Hall–Kier alpha value is -0.770. The van der Waals surface area contributed by atoms with Crippen molar-refractivity contribution < 1.29 is 9.47 Å². The fourth-order valence-corrected chi connectivity index (χ4v) is 2.73. The van der Waals surface area contributed by atoms with Gasteiger partial charge in [-0.25, -0.2) is 0 Å². The quantitative estimate of drug-likeness (QED) is 0.898. The second-order valence-electron chi connectivity index (χ2n) is 4.62. The van der Waals surface area contributed by atoms with E-state index in [1.807, 2.05) is 19.1 Å². The van der Waals surface area contributed by atoms with Crippen LogP contribution in [0.4, 0.5) is 0 Å². The van der Waals surface area contributed by atoms with E-state index in [4.69, 9.17) is 26.8 Å². The first-order valence-electron chi connectivity index (χ1n) is 5.75. The Kier molecular flexibility index (Phi) is 3.61. The number of aryl methyl sites for hydroxylation is 1. The first kappa shape index (κ1) is 12.7. The number of nitrogens with two attached hydrogens (primary N) is 1. The molecule has 1 aromatic carbocycles. The minimum Gasteiger partial charge on any atom is -0.496 e. The second kappa shape index (κ2) is 4.84. The molecule has 0 unspecified atom stereocenters. The number of benzene rings is 1. The molecule has 1 aliphatic rings. The molecule has 0 atom stereocenters. The summed E-state index contributed by atoms with van der Waals surface area (Å²) in [6, 6.07) is 3.89. The predicted octanol–water partition coefficient (Wildman–Crippen LogP) is 2.27. The van der Waals surface area contributed by atoms with Gasteiger partial charge in [-0.05, 0) is 37.6 Å². The van der Waals surface area contributed by atoms with Crippen LogP contribution in [-0.4, -0.2) is 26.9 Å². The highest BCUT2D eigenvalue weighted by atomic mass is 35.5. The average molecular weight is 256 g/mol. The Bertz CT molecular complexity index is 416. The van der Waals surface area contributed by atoms with Crippen LogP contribution in [0.5, 0.6) is 5.75 Å². The van der Waals surface area contributed by atoms with Gasteiger partial charge >= 0.3 is 0 Å². The predicted molar refractivity (Wildman–Crippen MR) is 68.9 cm³/mol. The molecule has 1 fully saturated rings. The summed E-state index contributed by atoms with van der Waals surface area (Å²) >= 11 is 6.14. The maximum absolute atomic E-state index is 6.14. The van der Waals surface area contributed by atoms with Gasteiger partial charge in [0.25, 0.3) is 0 Å². The zero-order valence-corrected chi connectivity index (χ0v) is 11.0. The molecule has 0 amide bonds. The van der Waals surface area contributed by atoms with Crippen LogP contribution in [0.3, 0.4) is 0 Å². The van der Waals surface area contributed by atoms with Crippen LogP contribution in [0.25, 0.3) is 0 Å². The fraction of sp³-hybridized carbons (Fsp3) is 0.538. The smallest absolute Gasteiger partial charge is 0.125 e. The van der Waals surface area contributed by atoms with Gasteiger partial charge < -0.3 is 15.2 Å². The lowest BCUT2D eigenvalue weighted by Gasteiger charge is -2.42. The van der Waals surface area contributed by atoms with Crippen LogP contribution in [-0.2, 0) is 10.2 Å². The molecule has 1 saturated heterocycles. The Morgan fingerprint density at radius 1 is 1.47 bits per heavy atom. The standard InChI is InChI=1S/C13H18ClNO2/c1-9-5-10(14)6-11(12(9)16-2)13(3-4-15)7-17-8-13/h5-6H,3-4,7-8,15H2,1-2H3. The third kappa shape index (κ3) is 2.15. The number of methoxy groups -OCH3 is 1. The van der Waals surface area contributed by atoms with E-state index in [-0.39, 0.29) is 5.41 Å². The van der Waals surface area contributed by atoms with Crippen LogP contribution >= 0.6 is 11.6 Å². The molecule has 0 spiro atoms. The zero-order chi connectivity index (χ0) is 12.5. The van der Waals surface area contributed by atoms with Crippen LogP contribution < -0.4 is 10.5 Å². The van der Waals surface area contributed by atoms with Crippen LogP contribution in [0.1, 0.15) is 17.5 Å². The van der Waals surface area contributed by atoms with E-state index >= 15 is 0 Å². The third-order valence-electron chi connectivity index (χ3n) is 3.39. The summed E-state index contributed by atoms with van der Waals surface area (Å²) in [7, 11) is 1.69. The van der Waals surface area contributed by atoms with Crippen molar-refractivity contribution in [3.8, 4) is 5.75 Å². The van der Waals surface area contributed by atoms with Gasteiger partial charge in [0, 0.05) is 16.0 Å². The molecule has 17 heavy (non-hydrogen) atoms. The van der Waals surface area contributed by atoms with E-state index in [0.29, 0.717) is 19.8 Å². The molecule has 0 radical (unpaired) electrons. The summed E-state index contributed by atoms with van der Waals surface area (Å²) in [6.45, 7) is 4.03. The molecule has 0 bridgehead atoms. The molecule has 3 nitrogen and oxygen atoms in total. The van der Waals surface area contributed by atoms with Crippen molar-refractivity contribution in [1.82, 2.24) is 0 Å². The minimum atomic E-state index is -0.0181. The molecule has 1 heterocycles. The lowest BCUT2D eigenvalue weighted by molar-refractivity contribution is -0.0640. The Balaban J connectivity index is 2.49. The summed E-state index contributed by atoms with van der Waals surface area (Å²) in [5.41, 5.74) is 7.86. The van der Waals surface area contributed by atoms with Gasteiger partial charge in [0.2, 0.25) is 0 Å². The lowest BCUT2D eigenvalue weighted by atomic mass is 9.75. The first-order valence-corrected chi connectivity index (χ1v) is 6.13. The Labute approximate surface area is 107 Å². The van der Waals surface area contributed by atoms with Crippen molar-refractivity contribution >= 4 is 11.6 Å². The zero-order valence-electron chi connectivity index (χ0n) is 10.3. The van der Waals surface area contributed by atoms with Crippen molar-refractivity contribution in [3.05, 3.63) is 28.3 Å².